The predicted molar refractivity (Wildman–Crippen MR) is 79.7 cm³/mol. The maximum Gasteiger partial charge on any atom is 0.343 e. The van der Waals surface area contributed by atoms with Gasteiger partial charge in [0.05, 0.1) is 30.8 Å². The summed E-state index contributed by atoms with van der Waals surface area (Å²) in [6, 6.07) is 11.7. The van der Waals surface area contributed by atoms with Crippen molar-refractivity contribution in [3.05, 3.63) is 34.9 Å². The van der Waals surface area contributed by atoms with Crippen molar-refractivity contribution in [2.75, 3.05) is 13.2 Å². The summed E-state index contributed by atoms with van der Waals surface area (Å²) >= 11 is 5.97. The molecule has 23 heavy (non-hydrogen) atoms. The molecule has 3 aliphatic rings. The van der Waals surface area contributed by atoms with E-state index in [9.17, 15) is 10.5 Å². The Morgan fingerprint density at radius 1 is 1.17 bits per heavy atom. The molecular weight excluding hydrogens is 316 g/mol. The summed E-state index contributed by atoms with van der Waals surface area (Å²) in [4.78, 5) is 2.93. The summed E-state index contributed by atoms with van der Waals surface area (Å²) in [7, 11) is 0. The standard InChI is InChI=1S/C16H13ClN4O2/c1-13(10-2-4-11(17)5-3-10)14(8-18)12(20)21-16(15(13,14)9-19)22-6-7-23-16/h2-5H,6-7H2,1H3,(H2,20,21)/p+1/t13-,14+,15-/m1/s1. The van der Waals surface area contributed by atoms with Crippen LogP contribution in [-0.4, -0.2) is 25.0 Å². The molecule has 0 radical (unpaired) electrons. The van der Waals surface area contributed by atoms with E-state index in [0.717, 1.165) is 5.56 Å². The lowest BCUT2D eigenvalue weighted by molar-refractivity contribution is -0.677. The van der Waals surface area contributed by atoms with Gasteiger partial charge in [-0.3, -0.25) is 5.73 Å². The first kappa shape index (κ1) is 14.5. The van der Waals surface area contributed by atoms with Crippen LogP contribution in [0.2, 0.25) is 5.02 Å². The molecule has 3 atom stereocenters. The van der Waals surface area contributed by atoms with Crippen molar-refractivity contribution in [1.82, 2.24) is 0 Å². The van der Waals surface area contributed by atoms with E-state index in [1.165, 1.54) is 0 Å². The van der Waals surface area contributed by atoms with E-state index in [2.05, 4.69) is 17.1 Å². The van der Waals surface area contributed by atoms with Crippen molar-refractivity contribution in [3.8, 4) is 12.1 Å². The molecule has 4 rings (SSSR count). The number of nitriles is 2. The molecule has 2 heterocycles. The minimum Gasteiger partial charge on any atom is -0.311 e. The topological polar surface area (TPSA) is 106 Å². The molecule has 1 saturated heterocycles. The third kappa shape index (κ3) is 1.16. The quantitative estimate of drug-likeness (QED) is 0.741. The Bertz CT molecular complexity index is 818. The van der Waals surface area contributed by atoms with Gasteiger partial charge >= 0.3 is 5.91 Å². The molecule has 2 fully saturated rings. The number of rotatable bonds is 1. The van der Waals surface area contributed by atoms with E-state index in [1.54, 1.807) is 12.1 Å². The van der Waals surface area contributed by atoms with Crippen molar-refractivity contribution in [2.24, 2.45) is 16.6 Å². The lowest BCUT2D eigenvalue weighted by atomic mass is 9.85. The average molecular weight is 330 g/mol. The van der Waals surface area contributed by atoms with E-state index in [-0.39, 0.29) is 5.84 Å². The Morgan fingerprint density at radius 2 is 1.78 bits per heavy atom. The lowest BCUT2D eigenvalue weighted by Gasteiger charge is -2.27. The SMILES string of the molecule is C[C@@]1(c2ccc(Cl)cc2)[C@]2(C#N)C(N)=[NH+]C3(OCCO3)[C@@]21C#N. The number of amidine groups is 1. The van der Waals surface area contributed by atoms with Crippen LogP contribution in [0, 0.1) is 33.5 Å². The zero-order valence-corrected chi connectivity index (χ0v) is 13.1. The van der Waals surface area contributed by atoms with Gasteiger partial charge in [0.2, 0.25) is 0 Å². The van der Waals surface area contributed by atoms with E-state index in [1.807, 2.05) is 19.1 Å². The number of ether oxygens (including phenoxy) is 2. The summed E-state index contributed by atoms with van der Waals surface area (Å²) in [6.45, 7) is 2.52. The summed E-state index contributed by atoms with van der Waals surface area (Å²) in [5.41, 5.74) is 3.60. The van der Waals surface area contributed by atoms with Gasteiger partial charge in [0, 0.05) is 5.02 Å². The van der Waals surface area contributed by atoms with E-state index in [4.69, 9.17) is 26.8 Å². The molecule has 1 aliphatic carbocycles. The first-order valence-electron chi connectivity index (χ1n) is 7.23. The summed E-state index contributed by atoms with van der Waals surface area (Å²) in [6.07, 6.45) is 0. The summed E-state index contributed by atoms with van der Waals surface area (Å²) in [5.74, 6) is -1.18. The van der Waals surface area contributed by atoms with Crippen molar-refractivity contribution >= 4 is 17.4 Å². The van der Waals surface area contributed by atoms with Crippen LogP contribution in [0.5, 0.6) is 0 Å². The van der Waals surface area contributed by atoms with Crippen molar-refractivity contribution in [2.45, 2.75) is 18.2 Å². The molecule has 7 heteroatoms. The normalized spacial score (nSPS) is 39.4. The molecule has 1 aromatic carbocycles. The Hall–Kier alpha value is -2.12. The second-order valence-corrected chi connectivity index (χ2v) is 6.64. The summed E-state index contributed by atoms with van der Waals surface area (Å²) < 4.78 is 11.5. The molecule has 0 amide bonds. The highest BCUT2D eigenvalue weighted by Crippen LogP contribution is 2.82. The molecule has 1 saturated carbocycles. The van der Waals surface area contributed by atoms with Crippen LogP contribution in [0.15, 0.2) is 24.3 Å². The van der Waals surface area contributed by atoms with Gasteiger partial charge in [-0.15, -0.1) is 0 Å². The Labute approximate surface area is 138 Å². The predicted octanol–water partition coefficient (Wildman–Crippen LogP) is -0.217. The minimum absolute atomic E-state index is 0.209. The summed E-state index contributed by atoms with van der Waals surface area (Å²) in [5, 5.41) is 20.6. The number of benzene rings is 1. The van der Waals surface area contributed by atoms with Crippen molar-refractivity contribution < 1.29 is 14.5 Å². The number of fused-ring (bicyclic) bond motifs is 2. The highest BCUT2D eigenvalue weighted by molar-refractivity contribution is 6.30. The van der Waals surface area contributed by atoms with E-state index >= 15 is 0 Å². The molecule has 6 nitrogen and oxygen atoms in total. The lowest BCUT2D eigenvalue weighted by Crippen LogP contribution is -2.90. The first-order chi connectivity index (χ1) is 11.0. The molecular formula is C16H14ClN4O2+. The monoisotopic (exact) mass is 329 g/mol. The third-order valence-electron chi connectivity index (χ3n) is 5.65. The zero-order valence-electron chi connectivity index (χ0n) is 12.4. The number of hydrogen-bond acceptors (Lipinski definition) is 5. The largest absolute Gasteiger partial charge is 0.343 e. The molecule has 0 unspecified atom stereocenters. The van der Waals surface area contributed by atoms with Crippen LogP contribution >= 0.6 is 11.6 Å². The van der Waals surface area contributed by atoms with Crippen molar-refractivity contribution in [3.63, 3.8) is 0 Å². The molecule has 3 N–H and O–H groups in total. The molecule has 1 aromatic rings. The Kier molecular flexibility index (Phi) is 2.54. The highest BCUT2D eigenvalue weighted by Gasteiger charge is 3.03. The van der Waals surface area contributed by atoms with Gasteiger partial charge in [-0.1, -0.05) is 30.7 Å². The number of halogens is 1. The van der Waals surface area contributed by atoms with Gasteiger partial charge in [0.15, 0.2) is 10.8 Å². The molecule has 2 aliphatic heterocycles. The maximum atomic E-state index is 10.1. The van der Waals surface area contributed by atoms with Crippen LogP contribution in [-0.2, 0) is 14.9 Å². The van der Waals surface area contributed by atoms with Gasteiger partial charge in [0.25, 0.3) is 5.84 Å². The van der Waals surface area contributed by atoms with Gasteiger partial charge in [-0.2, -0.15) is 10.5 Å². The van der Waals surface area contributed by atoms with Gasteiger partial charge in [-0.25, -0.2) is 4.99 Å². The zero-order chi connectivity index (χ0) is 16.5. The van der Waals surface area contributed by atoms with Crippen LogP contribution < -0.4 is 10.7 Å². The Balaban J connectivity index is 2.00. The second-order valence-electron chi connectivity index (χ2n) is 6.21. The molecule has 1 spiro atoms. The van der Waals surface area contributed by atoms with Crippen molar-refractivity contribution in [1.29, 1.82) is 10.5 Å². The Morgan fingerprint density at radius 3 is 2.30 bits per heavy atom. The van der Waals surface area contributed by atoms with E-state index < -0.39 is 22.2 Å². The smallest absolute Gasteiger partial charge is 0.311 e. The molecule has 0 aromatic heterocycles. The number of nitrogens with two attached hydrogens (primary N) is 1. The minimum atomic E-state index is -1.39. The maximum absolute atomic E-state index is 10.1. The van der Waals surface area contributed by atoms with Gasteiger partial charge < -0.3 is 9.47 Å². The molecule has 116 valence electrons. The van der Waals surface area contributed by atoms with Crippen LogP contribution in [0.4, 0.5) is 0 Å². The number of nitrogens with zero attached hydrogens (tertiary/aromatic N) is 2. The van der Waals surface area contributed by atoms with Crippen LogP contribution in [0.3, 0.4) is 0 Å². The fourth-order valence-electron chi connectivity index (χ4n) is 4.57. The first-order valence-corrected chi connectivity index (χ1v) is 7.61. The van der Waals surface area contributed by atoms with Crippen LogP contribution in [0.25, 0.3) is 0 Å². The van der Waals surface area contributed by atoms with Gasteiger partial charge in [-0.05, 0) is 17.7 Å². The molecule has 0 bridgehead atoms. The third-order valence-corrected chi connectivity index (χ3v) is 5.90. The van der Waals surface area contributed by atoms with E-state index in [0.29, 0.717) is 18.2 Å². The van der Waals surface area contributed by atoms with Gasteiger partial charge in [0.1, 0.15) is 0 Å². The highest BCUT2D eigenvalue weighted by atomic mass is 35.5. The average Bonchev–Trinajstić information content (AvgIpc) is 2.83. The second kappa shape index (κ2) is 4.04. The number of nitrogens with one attached hydrogen (secondary N) is 1. The fraction of sp³-hybridized carbons (Fsp3) is 0.438. The fourth-order valence-corrected chi connectivity index (χ4v) is 4.70. The van der Waals surface area contributed by atoms with Crippen LogP contribution in [0.1, 0.15) is 12.5 Å². The number of hydrogen-bond donors (Lipinski definition) is 2.